The molecule has 0 aliphatic carbocycles. The molecule has 1 saturated heterocycles. The predicted octanol–water partition coefficient (Wildman–Crippen LogP) is 5.38. The van der Waals surface area contributed by atoms with E-state index < -0.39 is 0 Å². The summed E-state index contributed by atoms with van der Waals surface area (Å²) in [5, 5.41) is 4.08. The van der Waals surface area contributed by atoms with E-state index in [-0.39, 0.29) is 11.3 Å². The molecule has 1 aliphatic heterocycles. The average molecular weight is 472 g/mol. The smallest absolute Gasteiger partial charge is 0.287 e. The van der Waals surface area contributed by atoms with Gasteiger partial charge in [-0.3, -0.25) is 4.79 Å². The Morgan fingerprint density at radius 2 is 1.90 bits per heavy atom. The Balaban J connectivity index is 1.55. The van der Waals surface area contributed by atoms with Crippen molar-refractivity contribution < 1.29 is 18.7 Å². The number of nitrogens with one attached hydrogen (secondary N) is 1. The van der Waals surface area contributed by atoms with Crippen molar-refractivity contribution in [3.05, 3.63) is 63.8 Å². The molecule has 6 heteroatoms. The Labute approximate surface area is 184 Å². The average Bonchev–Trinajstić information content (AvgIpc) is 3.09. The van der Waals surface area contributed by atoms with Crippen LogP contribution >= 0.6 is 15.9 Å². The summed E-state index contributed by atoms with van der Waals surface area (Å²) < 4.78 is 18.0. The van der Waals surface area contributed by atoms with Gasteiger partial charge in [0.1, 0.15) is 11.3 Å². The van der Waals surface area contributed by atoms with E-state index in [0.717, 1.165) is 34.0 Å². The third-order valence-corrected chi connectivity index (χ3v) is 6.41. The van der Waals surface area contributed by atoms with Crippen LogP contribution in [-0.4, -0.2) is 32.3 Å². The number of hydrogen-bond acceptors (Lipinski definition) is 4. The lowest BCUT2D eigenvalue weighted by atomic mass is 9.74. The van der Waals surface area contributed by atoms with Gasteiger partial charge in [-0.2, -0.15) is 0 Å². The lowest BCUT2D eigenvalue weighted by molar-refractivity contribution is 0.0484. The molecule has 1 amide bonds. The fraction of sp³-hybridized carbons (Fsp3) is 0.375. The van der Waals surface area contributed by atoms with Gasteiger partial charge in [-0.15, -0.1) is 0 Å². The number of carbonyl (C=O) groups excluding carboxylic acids is 1. The first-order valence-electron chi connectivity index (χ1n) is 10.3. The second kappa shape index (κ2) is 8.82. The predicted molar refractivity (Wildman–Crippen MR) is 120 cm³/mol. The van der Waals surface area contributed by atoms with Gasteiger partial charge >= 0.3 is 0 Å². The zero-order valence-electron chi connectivity index (χ0n) is 17.3. The van der Waals surface area contributed by atoms with E-state index in [2.05, 4.69) is 33.4 Å². The lowest BCUT2D eigenvalue weighted by Crippen LogP contribution is -2.44. The highest BCUT2D eigenvalue weighted by Crippen LogP contribution is 2.35. The SMILES string of the molecule is CCOc1ccc(C2(CNC(=O)c3oc4ccc(Br)cc4c3C)CCOCC2)cc1. The van der Waals surface area contributed by atoms with Crippen molar-refractivity contribution in [1.29, 1.82) is 0 Å². The minimum absolute atomic E-state index is 0.165. The number of amides is 1. The van der Waals surface area contributed by atoms with Crippen molar-refractivity contribution in [1.82, 2.24) is 5.32 Å². The van der Waals surface area contributed by atoms with Crippen LogP contribution in [0.3, 0.4) is 0 Å². The van der Waals surface area contributed by atoms with E-state index in [1.807, 2.05) is 44.2 Å². The third kappa shape index (κ3) is 4.12. The summed E-state index contributed by atoms with van der Waals surface area (Å²) >= 11 is 3.48. The van der Waals surface area contributed by atoms with Gasteiger partial charge < -0.3 is 19.2 Å². The number of furan rings is 1. The van der Waals surface area contributed by atoms with Crippen LogP contribution in [0.2, 0.25) is 0 Å². The van der Waals surface area contributed by atoms with Crippen molar-refractivity contribution in [2.24, 2.45) is 0 Å². The highest BCUT2D eigenvalue weighted by Gasteiger charge is 2.35. The molecular weight excluding hydrogens is 446 g/mol. The summed E-state index contributed by atoms with van der Waals surface area (Å²) in [6.07, 6.45) is 1.71. The van der Waals surface area contributed by atoms with E-state index in [1.165, 1.54) is 5.56 Å². The normalized spacial score (nSPS) is 15.8. The maximum absolute atomic E-state index is 13.0. The summed E-state index contributed by atoms with van der Waals surface area (Å²) in [5.74, 6) is 1.05. The van der Waals surface area contributed by atoms with E-state index in [1.54, 1.807) is 0 Å². The van der Waals surface area contributed by atoms with Crippen molar-refractivity contribution in [3.8, 4) is 5.75 Å². The quantitative estimate of drug-likeness (QED) is 0.523. The second-order valence-corrected chi connectivity index (χ2v) is 8.65. The molecule has 2 aromatic carbocycles. The van der Waals surface area contributed by atoms with Gasteiger partial charge in [0.2, 0.25) is 0 Å². The number of hydrogen-bond donors (Lipinski definition) is 1. The maximum atomic E-state index is 13.0. The number of halogens is 1. The Hall–Kier alpha value is -2.31. The number of ether oxygens (including phenoxy) is 2. The van der Waals surface area contributed by atoms with Gasteiger partial charge in [-0.25, -0.2) is 0 Å². The molecule has 5 nitrogen and oxygen atoms in total. The van der Waals surface area contributed by atoms with Crippen molar-refractivity contribution >= 4 is 32.8 Å². The molecule has 1 aromatic heterocycles. The highest BCUT2D eigenvalue weighted by atomic mass is 79.9. The van der Waals surface area contributed by atoms with Gasteiger partial charge in [-0.1, -0.05) is 28.1 Å². The first-order chi connectivity index (χ1) is 14.5. The van der Waals surface area contributed by atoms with E-state index in [4.69, 9.17) is 13.9 Å². The fourth-order valence-corrected chi connectivity index (χ4v) is 4.50. The first-order valence-corrected chi connectivity index (χ1v) is 11.1. The summed E-state index contributed by atoms with van der Waals surface area (Å²) in [4.78, 5) is 13.0. The molecule has 3 aromatic rings. The highest BCUT2D eigenvalue weighted by molar-refractivity contribution is 9.10. The van der Waals surface area contributed by atoms with Crippen LogP contribution in [0.25, 0.3) is 11.0 Å². The minimum Gasteiger partial charge on any atom is -0.494 e. The largest absolute Gasteiger partial charge is 0.494 e. The molecule has 158 valence electrons. The van der Waals surface area contributed by atoms with Crippen molar-refractivity contribution in [2.75, 3.05) is 26.4 Å². The van der Waals surface area contributed by atoms with Gasteiger partial charge in [0.05, 0.1) is 6.61 Å². The molecule has 1 N–H and O–H groups in total. The van der Waals surface area contributed by atoms with Crippen LogP contribution in [0.4, 0.5) is 0 Å². The summed E-state index contributed by atoms with van der Waals surface area (Å²) in [5.41, 5.74) is 2.60. The second-order valence-electron chi connectivity index (χ2n) is 7.73. The van der Waals surface area contributed by atoms with Crippen LogP contribution < -0.4 is 10.1 Å². The topological polar surface area (TPSA) is 60.7 Å². The molecule has 2 heterocycles. The zero-order chi connectivity index (χ0) is 21.1. The molecule has 0 atom stereocenters. The molecule has 30 heavy (non-hydrogen) atoms. The van der Waals surface area contributed by atoms with Crippen LogP contribution in [0.1, 0.15) is 41.4 Å². The molecule has 0 radical (unpaired) electrons. The summed E-state index contributed by atoms with van der Waals surface area (Å²) in [6.45, 7) is 6.43. The molecule has 0 bridgehead atoms. The van der Waals surface area contributed by atoms with E-state index >= 15 is 0 Å². The van der Waals surface area contributed by atoms with E-state index in [0.29, 0.717) is 37.7 Å². The molecule has 1 fully saturated rings. The molecule has 0 unspecified atom stereocenters. The van der Waals surface area contributed by atoms with Gasteiger partial charge in [0.15, 0.2) is 5.76 Å². The van der Waals surface area contributed by atoms with Crippen LogP contribution in [-0.2, 0) is 10.2 Å². The lowest BCUT2D eigenvalue weighted by Gasteiger charge is -2.38. The number of fused-ring (bicyclic) bond motifs is 1. The van der Waals surface area contributed by atoms with Gasteiger partial charge in [0, 0.05) is 40.6 Å². The Kier molecular flexibility index (Phi) is 6.16. The standard InChI is InChI=1S/C24H26BrNO4/c1-3-29-19-7-4-17(5-8-19)24(10-12-28-13-11-24)15-26-23(27)22-16(2)20-14-18(25)6-9-21(20)30-22/h4-9,14H,3,10-13,15H2,1-2H3,(H,26,27). The Bertz CT molecular complexity index is 1040. The summed E-state index contributed by atoms with van der Waals surface area (Å²) in [7, 11) is 0. The van der Waals surface area contributed by atoms with Crippen molar-refractivity contribution in [3.63, 3.8) is 0 Å². The molecule has 0 spiro atoms. The van der Waals surface area contributed by atoms with Gasteiger partial charge in [-0.05, 0) is 62.6 Å². The minimum atomic E-state index is -0.184. The number of benzene rings is 2. The van der Waals surface area contributed by atoms with E-state index in [9.17, 15) is 4.79 Å². The first kappa shape index (κ1) is 20.9. The third-order valence-electron chi connectivity index (χ3n) is 5.92. The van der Waals surface area contributed by atoms with Crippen molar-refractivity contribution in [2.45, 2.75) is 32.1 Å². The Morgan fingerprint density at radius 3 is 2.60 bits per heavy atom. The Morgan fingerprint density at radius 1 is 1.17 bits per heavy atom. The number of rotatable bonds is 6. The zero-order valence-corrected chi connectivity index (χ0v) is 18.9. The summed E-state index contributed by atoms with van der Waals surface area (Å²) in [6, 6.07) is 14.0. The number of aryl methyl sites for hydroxylation is 1. The molecule has 1 aliphatic rings. The molecule has 0 saturated carbocycles. The van der Waals surface area contributed by atoms with Crippen LogP contribution in [0.5, 0.6) is 5.75 Å². The fourth-order valence-electron chi connectivity index (χ4n) is 4.14. The molecular formula is C24H26BrNO4. The van der Waals surface area contributed by atoms with Crippen LogP contribution in [0, 0.1) is 6.92 Å². The maximum Gasteiger partial charge on any atom is 0.287 e. The van der Waals surface area contributed by atoms with Gasteiger partial charge in [0.25, 0.3) is 5.91 Å². The molecule has 4 rings (SSSR count). The monoisotopic (exact) mass is 471 g/mol. The number of carbonyl (C=O) groups is 1. The van der Waals surface area contributed by atoms with Crippen LogP contribution in [0.15, 0.2) is 51.4 Å².